The zero-order valence-corrected chi connectivity index (χ0v) is 26.9. The molecule has 1 aliphatic carbocycles. The highest BCUT2D eigenvalue weighted by Crippen LogP contribution is 2.32. The SMILES string of the molecule is CC(C)(C)NC(=O)[C@@H]1CN(C(=O)c2ccccc2)CCN1C[C@@H](O)C[C@@H](Cc1ccccc1)C(=O)N[C@H]1c2ccccc2C[C@H]1O. The van der Waals surface area contributed by atoms with E-state index in [4.69, 9.17) is 0 Å². The maximum Gasteiger partial charge on any atom is 0.253 e. The Morgan fingerprint density at radius 1 is 0.913 bits per heavy atom. The Kier molecular flexibility index (Phi) is 10.6. The summed E-state index contributed by atoms with van der Waals surface area (Å²) in [5, 5.41) is 28.4. The molecule has 0 radical (unpaired) electrons. The molecule has 3 aromatic rings. The second kappa shape index (κ2) is 14.6. The zero-order valence-electron chi connectivity index (χ0n) is 26.9. The molecule has 0 saturated carbocycles. The van der Waals surface area contributed by atoms with Crippen LogP contribution in [-0.4, -0.2) is 87.7 Å². The Morgan fingerprint density at radius 2 is 1.57 bits per heavy atom. The fourth-order valence-electron chi connectivity index (χ4n) is 6.56. The summed E-state index contributed by atoms with van der Waals surface area (Å²) in [6.45, 7) is 6.90. The van der Waals surface area contributed by atoms with E-state index in [-0.39, 0.29) is 37.2 Å². The first-order valence-electron chi connectivity index (χ1n) is 16.2. The second-order valence-electron chi connectivity index (χ2n) is 13.6. The number of benzene rings is 3. The van der Waals surface area contributed by atoms with Crippen LogP contribution in [0.2, 0.25) is 0 Å². The van der Waals surface area contributed by atoms with E-state index in [0.29, 0.717) is 31.5 Å². The topological polar surface area (TPSA) is 122 Å². The van der Waals surface area contributed by atoms with Crippen LogP contribution in [0.1, 0.15) is 60.3 Å². The van der Waals surface area contributed by atoms with Crippen molar-refractivity contribution in [1.82, 2.24) is 20.4 Å². The zero-order chi connectivity index (χ0) is 32.8. The highest BCUT2D eigenvalue weighted by Gasteiger charge is 2.38. The Balaban J connectivity index is 1.30. The molecule has 1 aliphatic heterocycles. The van der Waals surface area contributed by atoms with Crippen molar-refractivity contribution >= 4 is 17.7 Å². The summed E-state index contributed by atoms with van der Waals surface area (Å²) in [5.41, 5.74) is 2.99. The number of nitrogens with one attached hydrogen (secondary N) is 2. The van der Waals surface area contributed by atoms with E-state index >= 15 is 0 Å². The summed E-state index contributed by atoms with van der Waals surface area (Å²) in [6.07, 6.45) is -0.574. The molecule has 4 N–H and O–H groups in total. The lowest BCUT2D eigenvalue weighted by molar-refractivity contribution is -0.131. The summed E-state index contributed by atoms with van der Waals surface area (Å²) < 4.78 is 0. The van der Waals surface area contributed by atoms with Crippen molar-refractivity contribution in [3.05, 3.63) is 107 Å². The average molecular weight is 627 g/mol. The van der Waals surface area contributed by atoms with Crippen LogP contribution < -0.4 is 10.6 Å². The van der Waals surface area contributed by atoms with Gasteiger partial charge in [-0.15, -0.1) is 0 Å². The van der Waals surface area contributed by atoms with E-state index in [9.17, 15) is 24.6 Å². The van der Waals surface area contributed by atoms with E-state index in [1.165, 1.54) is 0 Å². The van der Waals surface area contributed by atoms with Crippen molar-refractivity contribution in [2.75, 3.05) is 26.2 Å². The first kappa shape index (κ1) is 33.3. The van der Waals surface area contributed by atoms with E-state index in [1.54, 1.807) is 17.0 Å². The van der Waals surface area contributed by atoms with Crippen LogP contribution in [0.25, 0.3) is 0 Å². The van der Waals surface area contributed by atoms with Crippen LogP contribution in [0.15, 0.2) is 84.9 Å². The molecule has 5 rings (SSSR count). The van der Waals surface area contributed by atoms with Gasteiger partial charge >= 0.3 is 0 Å². The smallest absolute Gasteiger partial charge is 0.253 e. The van der Waals surface area contributed by atoms with Crippen molar-refractivity contribution in [3.63, 3.8) is 0 Å². The van der Waals surface area contributed by atoms with Gasteiger partial charge in [0.15, 0.2) is 0 Å². The van der Waals surface area contributed by atoms with Gasteiger partial charge in [0, 0.05) is 49.6 Å². The number of fused-ring (bicyclic) bond motifs is 1. The first-order chi connectivity index (χ1) is 22.0. The third-order valence-corrected chi connectivity index (χ3v) is 8.80. The van der Waals surface area contributed by atoms with Gasteiger partial charge in [-0.05, 0) is 62.4 Å². The predicted octanol–water partition coefficient (Wildman–Crippen LogP) is 3.11. The molecule has 3 aromatic carbocycles. The van der Waals surface area contributed by atoms with E-state index in [0.717, 1.165) is 16.7 Å². The monoisotopic (exact) mass is 626 g/mol. The number of piperazine rings is 1. The predicted molar refractivity (Wildman–Crippen MR) is 177 cm³/mol. The minimum atomic E-state index is -0.915. The molecule has 0 aromatic heterocycles. The lowest BCUT2D eigenvalue weighted by Gasteiger charge is -2.42. The summed E-state index contributed by atoms with van der Waals surface area (Å²) in [6, 6.07) is 25.3. The van der Waals surface area contributed by atoms with Gasteiger partial charge in [-0.2, -0.15) is 0 Å². The molecule has 9 heteroatoms. The van der Waals surface area contributed by atoms with Gasteiger partial charge in [0.1, 0.15) is 6.04 Å². The largest absolute Gasteiger partial charge is 0.392 e. The maximum absolute atomic E-state index is 13.8. The van der Waals surface area contributed by atoms with Crippen molar-refractivity contribution in [1.29, 1.82) is 0 Å². The Bertz CT molecular complexity index is 1490. The highest BCUT2D eigenvalue weighted by molar-refractivity contribution is 5.95. The molecule has 1 heterocycles. The molecular weight excluding hydrogens is 580 g/mol. The molecule has 0 bridgehead atoms. The van der Waals surface area contributed by atoms with Crippen molar-refractivity contribution < 1.29 is 24.6 Å². The van der Waals surface area contributed by atoms with Gasteiger partial charge in [0.2, 0.25) is 11.8 Å². The van der Waals surface area contributed by atoms with Crippen LogP contribution in [0, 0.1) is 5.92 Å². The molecule has 1 saturated heterocycles. The number of aliphatic hydroxyl groups excluding tert-OH is 2. The standard InChI is InChI=1S/C37H46N4O5/c1-37(2,3)39-35(45)31-24-41(36(46)26-14-8-5-9-15-26)19-18-40(31)23-29(42)21-28(20-25-12-6-4-7-13-25)34(44)38-33-30-17-11-10-16-27(30)22-32(33)43/h4-17,28-29,31-33,42-43H,18-24H2,1-3H3,(H,38,44)(H,39,45)/t28-,29+,31+,32-,33+/m1/s1. The minimum absolute atomic E-state index is 0.135. The van der Waals surface area contributed by atoms with Crippen LogP contribution in [0.4, 0.5) is 0 Å². The summed E-state index contributed by atoms with van der Waals surface area (Å²) in [4.78, 5) is 44.3. The second-order valence-corrected chi connectivity index (χ2v) is 13.6. The molecule has 9 nitrogen and oxygen atoms in total. The number of amides is 3. The average Bonchev–Trinajstić information content (AvgIpc) is 3.35. The molecule has 244 valence electrons. The van der Waals surface area contributed by atoms with Gasteiger partial charge in [0.05, 0.1) is 18.2 Å². The minimum Gasteiger partial charge on any atom is -0.392 e. The molecule has 0 spiro atoms. The van der Waals surface area contributed by atoms with Crippen LogP contribution in [-0.2, 0) is 22.4 Å². The number of aliphatic hydroxyl groups is 2. The van der Waals surface area contributed by atoms with Gasteiger partial charge in [0.25, 0.3) is 5.91 Å². The summed E-state index contributed by atoms with van der Waals surface area (Å²) >= 11 is 0. The molecule has 2 aliphatic rings. The molecular formula is C37H46N4O5. The molecule has 46 heavy (non-hydrogen) atoms. The maximum atomic E-state index is 13.8. The summed E-state index contributed by atoms with van der Waals surface area (Å²) in [7, 11) is 0. The van der Waals surface area contributed by atoms with Crippen molar-refractivity contribution in [3.8, 4) is 0 Å². The van der Waals surface area contributed by atoms with Crippen LogP contribution >= 0.6 is 0 Å². The van der Waals surface area contributed by atoms with Crippen molar-refractivity contribution in [2.24, 2.45) is 5.92 Å². The number of rotatable bonds is 10. The normalized spacial score (nSPS) is 21.2. The summed E-state index contributed by atoms with van der Waals surface area (Å²) in [5.74, 6) is -1.15. The number of hydrogen-bond donors (Lipinski definition) is 4. The number of nitrogens with zero attached hydrogens (tertiary/aromatic N) is 2. The Hall–Kier alpha value is -4.05. The number of hydrogen-bond acceptors (Lipinski definition) is 6. The first-order valence-corrected chi connectivity index (χ1v) is 16.2. The lowest BCUT2D eigenvalue weighted by atomic mass is 9.91. The van der Waals surface area contributed by atoms with Crippen molar-refractivity contribution in [2.45, 2.75) is 69.9 Å². The fraction of sp³-hybridized carbons (Fsp3) is 0.432. The lowest BCUT2D eigenvalue weighted by Crippen LogP contribution is -2.62. The third-order valence-electron chi connectivity index (χ3n) is 8.80. The molecule has 3 amide bonds. The Morgan fingerprint density at radius 3 is 2.26 bits per heavy atom. The fourth-order valence-corrected chi connectivity index (χ4v) is 6.56. The van der Waals surface area contributed by atoms with E-state index < -0.39 is 35.7 Å². The van der Waals surface area contributed by atoms with Gasteiger partial charge in [-0.1, -0.05) is 72.8 Å². The van der Waals surface area contributed by atoms with Gasteiger partial charge in [-0.25, -0.2) is 0 Å². The number of carbonyl (C=O) groups is 3. The van der Waals surface area contributed by atoms with E-state index in [2.05, 4.69) is 10.6 Å². The molecule has 5 atom stereocenters. The number of carbonyl (C=O) groups excluding carboxylic acids is 3. The van der Waals surface area contributed by atoms with Crippen LogP contribution in [0.5, 0.6) is 0 Å². The van der Waals surface area contributed by atoms with Gasteiger partial charge in [-0.3, -0.25) is 19.3 Å². The Labute approximate surface area is 271 Å². The van der Waals surface area contributed by atoms with Gasteiger partial charge < -0.3 is 25.7 Å². The molecule has 1 fully saturated rings. The number of β-amino-alcohol motifs (C(OH)–C–C–N with tert-alkyl or cyclic N) is 1. The molecule has 0 unspecified atom stereocenters. The highest BCUT2D eigenvalue weighted by atomic mass is 16.3. The quantitative estimate of drug-likeness (QED) is 0.275. The van der Waals surface area contributed by atoms with E-state index in [1.807, 2.05) is 98.5 Å². The van der Waals surface area contributed by atoms with Crippen LogP contribution in [0.3, 0.4) is 0 Å². The third kappa shape index (κ3) is 8.40.